The van der Waals surface area contributed by atoms with Crippen molar-refractivity contribution in [2.45, 2.75) is 24.8 Å². The smallest absolute Gasteiger partial charge is 0.267 e. The molecule has 26 heavy (non-hydrogen) atoms. The second kappa shape index (κ2) is 8.07. The lowest BCUT2D eigenvalue weighted by Crippen LogP contribution is -2.42. The van der Waals surface area contributed by atoms with Crippen LogP contribution in [0.25, 0.3) is 0 Å². The zero-order valence-electron chi connectivity index (χ0n) is 14.1. The van der Waals surface area contributed by atoms with Crippen LogP contribution >= 0.6 is 0 Å². The number of hydrogen-bond donors (Lipinski definition) is 3. The zero-order valence-corrected chi connectivity index (χ0v) is 14.9. The summed E-state index contributed by atoms with van der Waals surface area (Å²) >= 11 is 0. The number of nitrogens with one attached hydrogen (secondary N) is 3. The van der Waals surface area contributed by atoms with E-state index < -0.39 is 33.2 Å². The predicted octanol–water partition coefficient (Wildman–Crippen LogP) is 1.59. The molecule has 0 aliphatic rings. The largest absolute Gasteiger partial charge is 0.272 e. The van der Waals surface area contributed by atoms with Crippen molar-refractivity contribution in [3.8, 4) is 0 Å². The molecule has 138 valence electrons. The molecule has 2 aromatic rings. The first-order valence-corrected chi connectivity index (χ1v) is 9.16. The van der Waals surface area contributed by atoms with Gasteiger partial charge in [-0.25, -0.2) is 17.5 Å². The van der Waals surface area contributed by atoms with Gasteiger partial charge in [0.15, 0.2) is 0 Å². The number of sulfonamides is 1. The van der Waals surface area contributed by atoms with Gasteiger partial charge in [0.2, 0.25) is 10.0 Å². The highest BCUT2D eigenvalue weighted by Gasteiger charge is 2.20. The minimum Gasteiger partial charge on any atom is -0.267 e. The van der Waals surface area contributed by atoms with Crippen molar-refractivity contribution < 1.29 is 22.4 Å². The highest BCUT2D eigenvalue weighted by molar-refractivity contribution is 7.89. The molecule has 0 radical (unpaired) electrons. The maximum absolute atomic E-state index is 13.9. The molecule has 2 amide bonds. The van der Waals surface area contributed by atoms with E-state index in [0.29, 0.717) is 5.56 Å². The summed E-state index contributed by atoms with van der Waals surface area (Å²) in [6.07, 6.45) is 0. The SMILES string of the molecule is CC(C)NS(=O)(=O)c1ccc(F)c(C(=O)NNC(=O)c2ccccc2)c1. The van der Waals surface area contributed by atoms with E-state index in [4.69, 9.17) is 0 Å². The van der Waals surface area contributed by atoms with E-state index in [-0.39, 0.29) is 10.9 Å². The Balaban J connectivity index is 2.16. The molecule has 0 unspecified atom stereocenters. The molecule has 0 aliphatic carbocycles. The van der Waals surface area contributed by atoms with Crippen molar-refractivity contribution in [1.29, 1.82) is 0 Å². The Bertz CT molecular complexity index is 915. The molecule has 7 nitrogen and oxygen atoms in total. The van der Waals surface area contributed by atoms with E-state index in [9.17, 15) is 22.4 Å². The Kier molecular flexibility index (Phi) is 6.06. The Labute approximate surface area is 150 Å². The molecule has 3 N–H and O–H groups in total. The molecule has 0 aliphatic heterocycles. The third-order valence-corrected chi connectivity index (χ3v) is 4.87. The molecule has 9 heteroatoms. The van der Waals surface area contributed by atoms with Crippen molar-refractivity contribution in [2.24, 2.45) is 0 Å². The topological polar surface area (TPSA) is 104 Å². The molecule has 0 saturated carbocycles. The van der Waals surface area contributed by atoms with Gasteiger partial charge >= 0.3 is 0 Å². The predicted molar refractivity (Wildman–Crippen MR) is 93.2 cm³/mol. The van der Waals surface area contributed by atoms with Crippen LogP contribution < -0.4 is 15.6 Å². The van der Waals surface area contributed by atoms with Crippen molar-refractivity contribution in [3.63, 3.8) is 0 Å². The zero-order chi connectivity index (χ0) is 19.3. The maximum atomic E-state index is 13.9. The van der Waals surface area contributed by atoms with Crippen LogP contribution in [0, 0.1) is 5.82 Å². The monoisotopic (exact) mass is 379 g/mol. The van der Waals surface area contributed by atoms with Gasteiger partial charge in [0, 0.05) is 11.6 Å². The van der Waals surface area contributed by atoms with Crippen LogP contribution in [0.1, 0.15) is 34.6 Å². The normalized spacial score (nSPS) is 11.2. The number of carbonyl (C=O) groups excluding carboxylic acids is 2. The van der Waals surface area contributed by atoms with Crippen LogP contribution in [0.15, 0.2) is 53.4 Å². The van der Waals surface area contributed by atoms with Crippen LogP contribution in [-0.2, 0) is 10.0 Å². The molecular formula is C17H18FN3O4S. The average Bonchev–Trinajstić information content (AvgIpc) is 2.59. The second-order valence-electron chi connectivity index (χ2n) is 5.69. The van der Waals surface area contributed by atoms with Crippen LogP contribution in [0.5, 0.6) is 0 Å². The number of amides is 2. The van der Waals surface area contributed by atoms with Crippen LogP contribution in [0.3, 0.4) is 0 Å². The molecule has 0 atom stereocenters. The van der Waals surface area contributed by atoms with Gasteiger partial charge in [-0.3, -0.25) is 20.4 Å². The van der Waals surface area contributed by atoms with Gasteiger partial charge in [-0.05, 0) is 44.2 Å². The molecule has 0 saturated heterocycles. The Morgan fingerprint density at radius 3 is 2.19 bits per heavy atom. The quantitative estimate of drug-likeness (QED) is 0.686. The van der Waals surface area contributed by atoms with Crippen LogP contribution in [-0.4, -0.2) is 26.3 Å². The van der Waals surface area contributed by atoms with E-state index >= 15 is 0 Å². The summed E-state index contributed by atoms with van der Waals surface area (Å²) in [7, 11) is -3.89. The summed E-state index contributed by atoms with van der Waals surface area (Å²) in [5.41, 5.74) is 4.00. The van der Waals surface area contributed by atoms with Gasteiger partial charge in [-0.15, -0.1) is 0 Å². The lowest BCUT2D eigenvalue weighted by atomic mass is 10.2. The first-order chi connectivity index (χ1) is 12.2. The van der Waals surface area contributed by atoms with Gasteiger partial charge < -0.3 is 0 Å². The number of hydrogen-bond acceptors (Lipinski definition) is 4. The molecule has 0 heterocycles. The number of hydrazine groups is 1. The van der Waals surface area contributed by atoms with Crippen molar-refractivity contribution in [1.82, 2.24) is 15.6 Å². The van der Waals surface area contributed by atoms with Gasteiger partial charge in [0.05, 0.1) is 10.5 Å². The molecule has 0 fully saturated rings. The van der Waals surface area contributed by atoms with E-state index in [0.717, 1.165) is 18.2 Å². The van der Waals surface area contributed by atoms with Crippen molar-refractivity contribution >= 4 is 21.8 Å². The average molecular weight is 379 g/mol. The fourth-order valence-corrected chi connectivity index (χ4v) is 3.34. The Morgan fingerprint density at radius 1 is 0.962 bits per heavy atom. The number of benzene rings is 2. The van der Waals surface area contributed by atoms with E-state index in [2.05, 4.69) is 15.6 Å². The fourth-order valence-electron chi connectivity index (χ4n) is 2.07. The van der Waals surface area contributed by atoms with E-state index in [1.165, 1.54) is 12.1 Å². The van der Waals surface area contributed by atoms with E-state index in [1.807, 2.05) is 0 Å². The van der Waals surface area contributed by atoms with E-state index in [1.54, 1.807) is 32.0 Å². The minimum atomic E-state index is -3.89. The summed E-state index contributed by atoms with van der Waals surface area (Å²) in [6, 6.07) is 10.6. The lowest BCUT2D eigenvalue weighted by molar-refractivity contribution is 0.0844. The first kappa shape index (κ1) is 19.5. The molecule has 0 bridgehead atoms. The first-order valence-electron chi connectivity index (χ1n) is 7.68. The molecular weight excluding hydrogens is 361 g/mol. The lowest BCUT2D eigenvalue weighted by Gasteiger charge is -2.12. The summed E-state index contributed by atoms with van der Waals surface area (Å²) in [6.45, 7) is 3.27. The van der Waals surface area contributed by atoms with Gasteiger partial charge in [-0.2, -0.15) is 0 Å². The Hall–Kier alpha value is -2.78. The third kappa shape index (κ3) is 4.87. The van der Waals surface area contributed by atoms with Crippen LogP contribution in [0.2, 0.25) is 0 Å². The second-order valence-corrected chi connectivity index (χ2v) is 7.41. The minimum absolute atomic E-state index is 0.257. The van der Waals surface area contributed by atoms with Gasteiger partial charge in [-0.1, -0.05) is 18.2 Å². The molecule has 2 rings (SSSR count). The maximum Gasteiger partial charge on any atom is 0.272 e. The van der Waals surface area contributed by atoms with Crippen molar-refractivity contribution in [2.75, 3.05) is 0 Å². The summed E-state index contributed by atoms with van der Waals surface area (Å²) in [5.74, 6) is -2.49. The fraction of sp³-hybridized carbons (Fsp3) is 0.176. The standard InChI is InChI=1S/C17H18FN3O4S/c1-11(2)21-26(24,25)13-8-9-15(18)14(10-13)17(23)20-19-16(22)12-6-4-3-5-7-12/h3-11,21H,1-2H3,(H,19,22)(H,20,23). The number of rotatable bonds is 5. The summed E-state index contributed by atoms with van der Waals surface area (Å²) < 4.78 is 40.6. The van der Waals surface area contributed by atoms with Gasteiger partial charge in [0.25, 0.3) is 11.8 Å². The Morgan fingerprint density at radius 2 is 1.58 bits per heavy atom. The molecule has 0 aromatic heterocycles. The third-order valence-electron chi connectivity index (χ3n) is 3.21. The summed E-state index contributed by atoms with van der Waals surface area (Å²) in [5, 5.41) is 0. The van der Waals surface area contributed by atoms with Crippen LogP contribution in [0.4, 0.5) is 4.39 Å². The number of carbonyl (C=O) groups is 2. The highest BCUT2D eigenvalue weighted by Crippen LogP contribution is 2.15. The number of halogens is 1. The highest BCUT2D eigenvalue weighted by atomic mass is 32.2. The molecule has 2 aromatic carbocycles. The van der Waals surface area contributed by atoms with Gasteiger partial charge in [0.1, 0.15) is 5.82 Å². The summed E-state index contributed by atoms with van der Waals surface area (Å²) in [4.78, 5) is 23.8. The van der Waals surface area contributed by atoms with Crippen molar-refractivity contribution in [3.05, 3.63) is 65.5 Å². The molecule has 0 spiro atoms.